The molecule has 0 aliphatic rings. The van der Waals surface area contributed by atoms with E-state index in [1.165, 1.54) is 32.8 Å². The van der Waals surface area contributed by atoms with Gasteiger partial charge in [0.1, 0.15) is 17.1 Å². The topological polar surface area (TPSA) is 51.5 Å². The second kappa shape index (κ2) is 8.80. The van der Waals surface area contributed by atoms with Crippen LogP contribution < -0.4 is 5.32 Å². The number of unbranched alkanes of at least 4 members (excludes halogenated alkanes) is 1. The number of rotatable bonds is 9. The van der Waals surface area contributed by atoms with Gasteiger partial charge in [-0.2, -0.15) is 0 Å². The maximum Gasteiger partial charge on any atom is 0.341 e. The van der Waals surface area contributed by atoms with Crippen molar-refractivity contribution in [2.75, 3.05) is 13.7 Å². The van der Waals surface area contributed by atoms with Crippen LogP contribution in [-0.4, -0.2) is 19.6 Å². The number of hydrogen-bond donors (Lipinski definition) is 1. The SMILES string of the molecule is CCCCC(CC)CNCc1cc(C(=O)OC)c(C)o1. The highest BCUT2D eigenvalue weighted by atomic mass is 16.5. The number of aryl methyl sites for hydroxylation is 1. The van der Waals surface area contributed by atoms with Crippen LogP contribution in [0.2, 0.25) is 0 Å². The van der Waals surface area contributed by atoms with Crippen LogP contribution in [0.3, 0.4) is 0 Å². The Morgan fingerprint density at radius 2 is 2.20 bits per heavy atom. The summed E-state index contributed by atoms with van der Waals surface area (Å²) in [7, 11) is 1.38. The van der Waals surface area contributed by atoms with Crippen LogP contribution in [0.25, 0.3) is 0 Å². The number of ether oxygens (including phenoxy) is 1. The van der Waals surface area contributed by atoms with Crippen LogP contribution in [-0.2, 0) is 11.3 Å². The number of carbonyl (C=O) groups excluding carboxylic acids is 1. The molecule has 1 atom stereocenters. The minimum Gasteiger partial charge on any atom is -0.465 e. The van der Waals surface area contributed by atoms with Gasteiger partial charge in [0.2, 0.25) is 0 Å². The Hall–Kier alpha value is -1.29. The van der Waals surface area contributed by atoms with Crippen molar-refractivity contribution >= 4 is 5.97 Å². The average Bonchev–Trinajstić information content (AvgIpc) is 2.82. The minimum absolute atomic E-state index is 0.341. The zero-order valence-corrected chi connectivity index (χ0v) is 13.1. The molecule has 4 heteroatoms. The van der Waals surface area contributed by atoms with E-state index in [0.717, 1.165) is 12.3 Å². The standard InChI is InChI=1S/C16H27NO3/c1-5-7-8-13(6-2)10-17-11-14-9-15(12(3)20-14)16(18)19-4/h9,13,17H,5-8,10-11H2,1-4H3. The van der Waals surface area contributed by atoms with Crippen LogP contribution in [0.1, 0.15) is 61.4 Å². The fraction of sp³-hybridized carbons (Fsp3) is 0.688. The highest BCUT2D eigenvalue weighted by Crippen LogP contribution is 2.16. The molecule has 0 fully saturated rings. The summed E-state index contributed by atoms with van der Waals surface area (Å²) in [5, 5.41) is 3.41. The predicted molar refractivity (Wildman–Crippen MR) is 79.8 cm³/mol. The van der Waals surface area contributed by atoms with Crippen molar-refractivity contribution in [2.45, 2.75) is 53.0 Å². The third-order valence-electron chi connectivity index (χ3n) is 3.65. The summed E-state index contributed by atoms with van der Waals surface area (Å²) in [5.41, 5.74) is 0.516. The molecule has 20 heavy (non-hydrogen) atoms. The molecular formula is C16H27NO3. The summed E-state index contributed by atoms with van der Waals surface area (Å²) in [6.45, 7) is 7.88. The zero-order valence-electron chi connectivity index (χ0n) is 13.1. The number of hydrogen-bond acceptors (Lipinski definition) is 4. The van der Waals surface area contributed by atoms with Crippen molar-refractivity contribution in [3.8, 4) is 0 Å². The lowest BCUT2D eigenvalue weighted by atomic mass is 9.99. The molecule has 0 bridgehead atoms. The summed E-state index contributed by atoms with van der Waals surface area (Å²) in [6, 6.07) is 1.77. The van der Waals surface area contributed by atoms with E-state index in [1.54, 1.807) is 13.0 Å². The van der Waals surface area contributed by atoms with Crippen molar-refractivity contribution in [3.05, 3.63) is 23.2 Å². The minimum atomic E-state index is -0.341. The molecule has 1 aromatic heterocycles. The van der Waals surface area contributed by atoms with Gasteiger partial charge in [0.15, 0.2) is 0 Å². The summed E-state index contributed by atoms with van der Waals surface area (Å²) in [4.78, 5) is 11.5. The van der Waals surface area contributed by atoms with Crippen molar-refractivity contribution in [1.82, 2.24) is 5.32 Å². The lowest BCUT2D eigenvalue weighted by Crippen LogP contribution is -2.22. The van der Waals surface area contributed by atoms with Gasteiger partial charge in [0.25, 0.3) is 0 Å². The van der Waals surface area contributed by atoms with Crippen LogP contribution in [0, 0.1) is 12.8 Å². The second-order valence-corrected chi connectivity index (χ2v) is 5.22. The van der Waals surface area contributed by atoms with Gasteiger partial charge in [0, 0.05) is 0 Å². The van der Waals surface area contributed by atoms with Gasteiger partial charge in [-0.25, -0.2) is 4.79 Å². The summed E-state index contributed by atoms with van der Waals surface area (Å²) < 4.78 is 10.3. The first kappa shape index (κ1) is 16.8. The highest BCUT2D eigenvalue weighted by Gasteiger charge is 2.15. The molecule has 0 amide bonds. The Balaban J connectivity index is 2.43. The van der Waals surface area contributed by atoms with E-state index < -0.39 is 0 Å². The third kappa shape index (κ3) is 5.00. The van der Waals surface area contributed by atoms with Crippen LogP contribution >= 0.6 is 0 Å². The first-order valence-electron chi connectivity index (χ1n) is 7.50. The molecule has 0 aliphatic carbocycles. The van der Waals surface area contributed by atoms with E-state index in [9.17, 15) is 4.79 Å². The number of methoxy groups -OCH3 is 1. The van der Waals surface area contributed by atoms with Gasteiger partial charge in [-0.3, -0.25) is 0 Å². The molecule has 1 heterocycles. The molecule has 1 unspecified atom stereocenters. The molecule has 1 rings (SSSR count). The molecule has 1 aromatic rings. The monoisotopic (exact) mass is 281 g/mol. The smallest absolute Gasteiger partial charge is 0.341 e. The van der Waals surface area contributed by atoms with E-state index in [2.05, 4.69) is 19.2 Å². The molecule has 0 saturated heterocycles. The van der Waals surface area contributed by atoms with Crippen molar-refractivity contribution in [3.63, 3.8) is 0 Å². The van der Waals surface area contributed by atoms with E-state index in [0.29, 0.717) is 23.8 Å². The predicted octanol–water partition coefficient (Wildman–Crippen LogP) is 3.68. The Kier molecular flexibility index (Phi) is 7.37. The molecular weight excluding hydrogens is 254 g/mol. The Labute approximate surface area is 121 Å². The van der Waals surface area contributed by atoms with Crippen molar-refractivity contribution < 1.29 is 13.9 Å². The van der Waals surface area contributed by atoms with Gasteiger partial charge < -0.3 is 14.5 Å². The fourth-order valence-electron chi connectivity index (χ4n) is 2.29. The summed E-state index contributed by atoms with van der Waals surface area (Å²) in [5.74, 6) is 1.78. The Morgan fingerprint density at radius 1 is 1.45 bits per heavy atom. The highest BCUT2D eigenvalue weighted by molar-refractivity contribution is 5.90. The van der Waals surface area contributed by atoms with E-state index in [4.69, 9.17) is 9.15 Å². The normalized spacial score (nSPS) is 12.4. The van der Waals surface area contributed by atoms with E-state index in [1.807, 2.05) is 0 Å². The zero-order chi connectivity index (χ0) is 15.0. The van der Waals surface area contributed by atoms with E-state index in [-0.39, 0.29) is 5.97 Å². The van der Waals surface area contributed by atoms with Crippen LogP contribution in [0.15, 0.2) is 10.5 Å². The number of carbonyl (C=O) groups is 1. The molecule has 4 nitrogen and oxygen atoms in total. The van der Waals surface area contributed by atoms with Gasteiger partial charge in [-0.05, 0) is 31.9 Å². The average molecular weight is 281 g/mol. The third-order valence-corrected chi connectivity index (χ3v) is 3.65. The molecule has 114 valence electrons. The molecule has 0 aliphatic heterocycles. The maximum atomic E-state index is 11.5. The van der Waals surface area contributed by atoms with Crippen LogP contribution in [0.4, 0.5) is 0 Å². The lowest BCUT2D eigenvalue weighted by Gasteiger charge is -2.14. The Morgan fingerprint density at radius 3 is 2.80 bits per heavy atom. The van der Waals surface area contributed by atoms with Crippen molar-refractivity contribution in [1.29, 1.82) is 0 Å². The fourth-order valence-corrected chi connectivity index (χ4v) is 2.29. The van der Waals surface area contributed by atoms with Gasteiger partial charge in [0.05, 0.1) is 13.7 Å². The number of esters is 1. The number of furan rings is 1. The first-order valence-corrected chi connectivity index (χ1v) is 7.50. The van der Waals surface area contributed by atoms with Crippen LogP contribution in [0.5, 0.6) is 0 Å². The first-order chi connectivity index (χ1) is 9.62. The maximum absolute atomic E-state index is 11.5. The Bertz CT molecular complexity index is 412. The van der Waals surface area contributed by atoms with Gasteiger partial charge in [-0.15, -0.1) is 0 Å². The van der Waals surface area contributed by atoms with Crippen molar-refractivity contribution in [2.24, 2.45) is 5.92 Å². The molecule has 0 radical (unpaired) electrons. The van der Waals surface area contributed by atoms with Gasteiger partial charge >= 0.3 is 5.97 Å². The lowest BCUT2D eigenvalue weighted by molar-refractivity contribution is 0.0599. The quantitative estimate of drug-likeness (QED) is 0.701. The molecule has 0 saturated carbocycles. The molecule has 1 N–H and O–H groups in total. The van der Waals surface area contributed by atoms with Gasteiger partial charge in [-0.1, -0.05) is 33.1 Å². The second-order valence-electron chi connectivity index (χ2n) is 5.22. The summed E-state index contributed by atoms with van der Waals surface area (Å²) >= 11 is 0. The molecule has 0 aromatic carbocycles. The summed E-state index contributed by atoms with van der Waals surface area (Å²) in [6.07, 6.45) is 4.99. The molecule has 0 spiro atoms. The largest absolute Gasteiger partial charge is 0.465 e. The van der Waals surface area contributed by atoms with E-state index >= 15 is 0 Å². The number of nitrogens with one attached hydrogen (secondary N) is 1.